The maximum atomic E-state index is 12.6. The third-order valence-corrected chi connectivity index (χ3v) is 9.08. The second-order valence-electron chi connectivity index (χ2n) is 10.7. The van der Waals surface area contributed by atoms with Gasteiger partial charge in [-0.3, -0.25) is 4.79 Å². The lowest BCUT2D eigenvalue weighted by molar-refractivity contribution is -0.121. The van der Waals surface area contributed by atoms with E-state index in [1.165, 1.54) is 22.3 Å². The van der Waals surface area contributed by atoms with Crippen LogP contribution in [0.5, 0.6) is 5.75 Å². The Labute approximate surface area is 256 Å². The zero-order valence-corrected chi connectivity index (χ0v) is 25.7. The maximum Gasteiger partial charge on any atom is 0.220 e. The first-order valence-corrected chi connectivity index (χ1v) is 16.1. The van der Waals surface area contributed by atoms with Crippen LogP contribution in [0.4, 0.5) is 0 Å². The minimum atomic E-state index is -0.362. The highest BCUT2D eigenvalue weighted by Crippen LogP contribution is 2.48. The molecule has 0 spiro atoms. The smallest absolute Gasteiger partial charge is 0.220 e. The van der Waals surface area contributed by atoms with E-state index in [1.54, 1.807) is 0 Å². The Morgan fingerprint density at radius 1 is 0.786 bits per heavy atom. The van der Waals surface area contributed by atoms with Crippen LogP contribution in [0.2, 0.25) is 0 Å². The predicted octanol–water partition coefficient (Wildman–Crippen LogP) is 7.62. The van der Waals surface area contributed by atoms with Crippen LogP contribution in [0.1, 0.15) is 54.9 Å². The summed E-state index contributed by atoms with van der Waals surface area (Å²) in [6.07, 6.45) is 4.30. The molecule has 4 nitrogen and oxygen atoms in total. The topological polar surface area (TPSA) is 50.4 Å². The molecule has 0 bridgehead atoms. The Bertz CT molecular complexity index is 1240. The average Bonchev–Trinajstić information content (AvgIpc) is 3.04. The molecular formula is C37H44N2O2S. The van der Waals surface area contributed by atoms with Crippen molar-refractivity contribution in [3.63, 3.8) is 0 Å². The molecule has 0 aliphatic carbocycles. The molecular weight excluding hydrogens is 536 g/mol. The van der Waals surface area contributed by atoms with Crippen LogP contribution in [0, 0.1) is 0 Å². The van der Waals surface area contributed by atoms with Crippen molar-refractivity contribution in [1.29, 1.82) is 0 Å². The van der Waals surface area contributed by atoms with Gasteiger partial charge in [-0.05, 0) is 74.0 Å². The van der Waals surface area contributed by atoms with Crippen LogP contribution in [-0.2, 0) is 16.0 Å². The normalized spacial score (nSPS) is 12.0. The Morgan fingerprint density at radius 3 is 1.95 bits per heavy atom. The molecule has 0 saturated carbocycles. The second kappa shape index (κ2) is 16.8. The number of nitrogens with one attached hydrogen (secondary N) is 2. The van der Waals surface area contributed by atoms with Gasteiger partial charge in [-0.25, -0.2) is 0 Å². The summed E-state index contributed by atoms with van der Waals surface area (Å²) in [5.74, 6) is 1.83. The molecule has 4 rings (SSSR count). The van der Waals surface area contributed by atoms with Crippen molar-refractivity contribution in [2.45, 2.75) is 49.8 Å². The number of amides is 1. The zero-order chi connectivity index (χ0) is 29.5. The molecule has 1 amide bonds. The highest BCUT2D eigenvalue weighted by Gasteiger charge is 2.36. The number of likely N-dealkylation sites (N-methyl/N-ethyl adjacent to an activating group) is 1. The molecule has 220 valence electrons. The molecule has 0 aliphatic heterocycles. The first-order chi connectivity index (χ1) is 20.6. The van der Waals surface area contributed by atoms with Gasteiger partial charge in [0.25, 0.3) is 0 Å². The van der Waals surface area contributed by atoms with Crippen molar-refractivity contribution in [3.8, 4) is 5.75 Å². The van der Waals surface area contributed by atoms with Crippen LogP contribution < -0.4 is 15.4 Å². The largest absolute Gasteiger partial charge is 0.494 e. The summed E-state index contributed by atoms with van der Waals surface area (Å²) in [4.78, 5) is 12.6. The van der Waals surface area contributed by atoms with Crippen LogP contribution in [0.25, 0.3) is 0 Å². The van der Waals surface area contributed by atoms with Gasteiger partial charge in [-0.2, -0.15) is 0 Å². The molecule has 5 heteroatoms. The number of unbranched alkanes of at least 4 members (excludes halogenated alkanes) is 2. The third-order valence-electron chi connectivity index (χ3n) is 7.53. The number of carbonyl (C=O) groups is 1. The number of benzene rings is 4. The highest BCUT2D eigenvalue weighted by molar-refractivity contribution is 8.00. The van der Waals surface area contributed by atoms with Gasteiger partial charge in [0, 0.05) is 24.8 Å². The Hall–Kier alpha value is -3.54. The fourth-order valence-electron chi connectivity index (χ4n) is 5.22. The number of hydrogen-bond acceptors (Lipinski definition) is 4. The molecule has 0 radical (unpaired) electrons. The van der Waals surface area contributed by atoms with Gasteiger partial charge < -0.3 is 15.4 Å². The molecule has 0 aromatic heterocycles. The molecule has 0 saturated heterocycles. The number of ether oxygens (including phenoxy) is 1. The first-order valence-electron chi connectivity index (χ1n) is 15.1. The molecule has 4 aromatic rings. The van der Waals surface area contributed by atoms with E-state index in [4.69, 9.17) is 4.74 Å². The SMILES string of the molecule is CN[C@@H](C)Cc1cccc(OCCCCCC(=O)NCCSC(c2ccccc2)(c2ccccc2)c2ccccc2)c1. The first kappa shape index (κ1) is 31.4. The minimum Gasteiger partial charge on any atom is -0.494 e. The molecule has 0 fully saturated rings. The summed E-state index contributed by atoms with van der Waals surface area (Å²) in [7, 11) is 1.98. The molecule has 42 heavy (non-hydrogen) atoms. The third kappa shape index (κ3) is 8.98. The lowest BCUT2D eigenvalue weighted by Crippen LogP contribution is -2.30. The Kier molecular flexibility index (Phi) is 12.6. The molecule has 1 atom stereocenters. The van der Waals surface area contributed by atoms with Crippen LogP contribution in [0.3, 0.4) is 0 Å². The molecule has 0 unspecified atom stereocenters. The minimum absolute atomic E-state index is 0.118. The van der Waals surface area contributed by atoms with Gasteiger partial charge in [0.2, 0.25) is 5.91 Å². The van der Waals surface area contributed by atoms with Gasteiger partial charge in [0.1, 0.15) is 5.75 Å². The Balaban J connectivity index is 1.23. The summed E-state index contributed by atoms with van der Waals surface area (Å²) in [6, 6.07) is 40.8. The fourth-order valence-corrected chi connectivity index (χ4v) is 6.64. The van der Waals surface area contributed by atoms with Crippen molar-refractivity contribution in [3.05, 3.63) is 138 Å². The van der Waals surface area contributed by atoms with Crippen molar-refractivity contribution in [2.24, 2.45) is 0 Å². The summed E-state index contributed by atoms with van der Waals surface area (Å²) in [5.41, 5.74) is 4.98. The zero-order valence-electron chi connectivity index (χ0n) is 24.9. The highest BCUT2D eigenvalue weighted by atomic mass is 32.2. The lowest BCUT2D eigenvalue weighted by atomic mass is 9.84. The van der Waals surface area contributed by atoms with Gasteiger partial charge in [0.15, 0.2) is 0 Å². The average molecular weight is 581 g/mol. The van der Waals surface area contributed by atoms with Gasteiger partial charge in [0.05, 0.1) is 11.4 Å². The number of carbonyl (C=O) groups excluding carboxylic acids is 1. The maximum absolute atomic E-state index is 12.6. The monoisotopic (exact) mass is 580 g/mol. The van der Waals surface area contributed by atoms with Gasteiger partial charge in [-0.15, -0.1) is 11.8 Å². The summed E-state index contributed by atoms with van der Waals surface area (Å²) in [5, 5.41) is 6.43. The summed E-state index contributed by atoms with van der Waals surface area (Å²) < 4.78 is 5.60. The second-order valence-corrected chi connectivity index (χ2v) is 12.0. The Morgan fingerprint density at radius 2 is 1.38 bits per heavy atom. The molecule has 0 heterocycles. The number of hydrogen-bond donors (Lipinski definition) is 2. The van der Waals surface area contributed by atoms with E-state index < -0.39 is 0 Å². The van der Waals surface area contributed by atoms with Gasteiger partial charge >= 0.3 is 0 Å². The van der Waals surface area contributed by atoms with E-state index in [2.05, 4.69) is 127 Å². The van der Waals surface area contributed by atoms with Crippen LogP contribution in [-0.4, -0.2) is 37.9 Å². The van der Waals surface area contributed by atoms with Crippen molar-refractivity contribution in [2.75, 3.05) is 26.0 Å². The van der Waals surface area contributed by atoms with Crippen molar-refractivity contribution >= 4 is 17.7 Å². The number of rotatable bonds is 17. The van der Waals surface area contributed by atoms with Crippen LogP contribution in [0.15, 0.2) is 115 Å². The number of thioether (sulfide) groups is 1. The van der Waals surface area contributed by atoms with E-state index >= 15 is 0 Å². The molecule has 4 aromatic carbocycles. The molecule has 2 N–H and O–H groups in total. The van der Waals surface area contributed by atoms with E-state index in [1.807, 2.05) is 24.9 Å². The van der Waals surface area contributed by atoms with E-state index in [9.17, 15) is 4.79 Å². The van der Waals surface area contributed by atoms with E-state index in [0.717, 1.165) is 37.2 Å². The molecule has 0 aliphatic rings. The summed E-state index contributed by atoms with van der Waals surface area (Å²) in [6.45, 7) is 3.48. The van der Waals surface area contributed by atoms with E-state index in [0.29, 0.717) is 25.6 Å². The summed E-state index contributed by atoms with van der Waals surface area (Å²) >= 11 is 1.87. The lowest BCUT2D eigenvalue weighted by Gasteiger charge is -2.35. The fraction of sp³-hybridized carbons (Fsp3) is 0.324. The predicted molar refractivity (Wildman–Crippen MR) is 177 cm³/mol. The van der Waals surface area contributed by atoms with E-state index in [-0.39, 0.29) is 10.7 Å². The quantitative estimate of drug-likeness (QED) is 0.0997. The van der Waals surface area contributed by atoms with Crippen LogP contribution >= 0.6 is 11.8 Å². The van der Waals surface area contributed by atoms with Gasteiger partial charge in [-0.1, -0.05) is 103 Å². The van der Waals surface area contributed by atoms with Crippen molar-refractivity contribution in [1.82, 2.24) is 10.6 Å². The standard InChI is InChI=1S/C37H44N2O2S/c1-30(38-2)28-31-16-15-23-35(29-31)41-26-14-6-13-24-36(40)39-25-27-42-37(32-17-7-3-8-18-32,33-19-9-4-10-20-33)34-21-11-5-12-22-34/h3-5,7-12,15-23,29-30,38H,6,13-14,24-28H2,1-2H3,(H,39,40)/t30-/m0/s1. The van der Waals surface area contributed by atoms with Crippen molar-refractivity contribution < 1.29 is 9.53 Å².